The normalized spacial score (nSPS) is 9.74. The van der Waals surface area contributed by atoms with E-state index in [2.05, 4.69) is 39.5 Å². The Labute approximate surface area is 121 Å². The number of hydrogen-bond donors (Lipinski definition) is 0. The highest BCUT2D eigenvalue weighted by Crippen LogP contribution is 2.23. The van der Waals surface area contributed by atoms with Crippen LogP contribution in [0.25, 0.3) is 0 Å². The molecule has 2 aromatic rings. The average Bonchev–Trinajstić information content (AvgIpc) is 2.47. The summed E-state index contributed by atoms with van der Waals surface area (Å²) in [7, 11) is 1.66. The smallest absolute Gasteiger partial charge is 0.118 e. The molecule has 1 heterocycles. The molecule has 1 aromatic heterocycles. The zero-order chi connectivity index (χ0) is 13.5. The standard InChI is InChI=1S/C14H12N2OS2/c1-17-13-5-2-11(3-6-13)9-19-14-7-4-12(8-15-14)16-10-18/h2-8H,9H2,1H3. The van der Waals surface area contributed by atoms with Gasteiger partial charge in [-0.15, -0.1) is 11.8 Å². The maximum absolute atomic E-state index is 5.12. The summed E-state index contributed by atoms with van der Waals surface area (Å²) >= 11 is 6.22. The van der Waals surface area contributed by atoms with E-state index in [1.54, 1.807) is 25.1 Å². The molecule has 0 bridgehead atoms. The number of rotatable bonds is 5. The molecule has 19 heavy (non-hydrogen) atoms. The van der Waals surface area contributed by atoms with Crippen LogP contribution < -0.4 is 4.74 Å². The van der Waals surface area contributed by atoms with Gasteiger partial charge in [-0.1, -0.05) is 12.1 Å². The van der Waals surface area contributed by atoms with Gasteiger partial charge in [-0.2, -0.15) is 4.99 Å². The maximum Gasteiger partial charge on any atom is 0.118 e. The van der Waals surface area contributed by atoms with Crippen LogP contribution in [0.15, 0.2) is 52.6 Å². The minimum absolute atomic E-state index is 0.726. The average molecular weight is 288 g/mol. The number of thioether (sulfide) groups is 1. The third kappa shape index (κ3) is 4.17. The quantitative estimate of drug-likeness (QED) is 0.471. The highest BCUT2D eigenvalue weighted by atomic mass is 32.2. The zero-order valence-electron chi connectivity index (χ0n) is 10.4. The van der Waals surface area contributed by atoms with Crippen LogP contribution >= 0.6 is 24.0 Å². The van der Waals surface area contributed by atoms with Gasteiger partial charge in [0.1, 0.15) is 5.75 Å². The monoisotopic (exact) mass is 288 g/mol. The van der Waals surface area contributed by atoms with Crippen molar-refractivity contribution in [1.82, 2.24) is 4.98 Å². The van der Waals surface area contributed by atoms with Gasteiger partial charge >= 0.3 is 0 Å². The summed E-state index contributed by atoms with van der Waals surface area (Å²) in [4.78, 5) is 8.17. The molecule has 0 saturated heterocycles. The van der Waals surface area contributed by atoms with E-state index in [0.717, 1.165) is 22.2 Å². The van der Waals surface area contributed by atoms with Crippen LogP contribution in [0.2, 0.25) is 0 Å². The maximum atomic E-state index is 5.12. The second-order valence-corrected chi connectivity index (χ2v) is 4.87. The SMILES string of the molecule is COc1ccc(CSc2ccc(N=C=S)cn2)cc1. The van der Waals surface area contributed by atoms with Crippen molar-refractivity contribution >= 4 is 34.8 Å². The van der Waals surface area contributed by atoms with Gasteiger partial charge in [-0.25, -0.2) is 4.98 Å². The van der Waals surface area contributed by atoms with Gasteiger partial charge in [0, 0.05) is 5.75 Å². The number of methoxy groups -OCH3 is 1. The molecule has 0 radical (unpaired) electrons. The molecule has 96 valence electrons. The summed E-state index contributed by atoms with van der Waals surface area (Å²) in [6.45, 7) is 0. The lowest BCUT2D eigenvalue weighted by molar-refractivity contribution is 0.414. The van der Waals surface area contributed by atoms with E-state index < -0.39 is 0 Å². The third-order valence-electron chi connectivity index (χ3n) is 2.44. The molecule has 0 unspecified atom stereocenters. The molecule has 0 aliphatic carbocycles. The van der Waals surface area contributed by atoms with Crippen molar-refractivity contribution in [3.05, 3.63) is 48.2 Å². The second-order valence-electron chi connectivity index (χ2n) is 3.69. The number of benzene rings is 1. The summed E-state index contributed by atoms with van der Waals surface area (Å²) in [5.74, 6) is 1.74. The first kappa shape index (κ1) is 13.7. The van der Waals surface area contributed by atoms with E-state index in [-0.39, 0.29) is 0 Å². The van der Waals surface area contributed by atoms with Gasteiger partial charge in [0.25, 0.3) is 0 Å². The highest BCUT2D eigenvalue weighted by molar-refractivity contribution is 7.98. The Bertz CT molecular complexity index is 575. The predicted molar refractivity (Wildman–Crippen MR) is 81.5 cm³/mol. The van der Waals surface area contributed by atoms with Gasteiger partial charge < -0.3 is 4.74 Å². The third-order valence-corrected chi connectivity index (χ3v) is 3.55. The molecule has 0 spiro atoms. The minimum atomic E-state index is 0.726. The number of hydrogen-bond acceptors (Lipinski definition) is 5. The van der Waals surface area contributed by atoms with Crippen molar-refractivity contribution in [2.45, 2.75) is 10.8 Å². The Morgan fingerprint density at radius 3 is 2.63 bits per heavy atom. The van der Waals surface area contributed by atoms with Gasteiger partial charge in [-0.3, -0.25) is 0 Å². The first-order valence-corrected chi connectivity index (χ1v) is 7.01. The van der Waals surface area contributed by atoms with Crippen molar-refractivity contribution in [3.63, 3.8) is 0 Å². The zero-order valence-corrected chi connectivity index (χ0v) is 12.0. The van der Waals surface area contributed by atoms with Gasteiger partial charge in [-0.05, 0) is 42.0 Å². The minimum Gasteiger partial charge on any atom is -0.497 e. The van der Waals surface area contributed by atoms with E-state index in [4.69, 9.17) is 4.74 Å². The molecule has 0 fully saturated rings. The summed E-state index contributed by atoms with van der Waals surface area (Å²) in [6.07, 6.45) is 1.69. The lowest BCUT2D eigenvalue weighted by Crippen LogP contribution is -1.85. The van der Waals surface area contributed by atoms with Crippen molar-refractivity contribution in [3.8, 4) is 5.75 Å². The van der Waals surface area contributed by atoms with Crippen molar-refractivity contribution in [2.75, 3.05) is 7.11 Å². The van der Waals surface area contributed by atoms with Crippen LogP contribution in [-0.4, -0.2) is 17.3 Å². The van der Waals surface area contributed by atoms with Crippen LogP contribution in [0.1, 0.15) is 5.56 Å². The van der Waals surface area contributed by atoms with Crippen LogP contribution in [0.4, 0.5) is 5.69 Å². The van der Waals surface area contributed by atoms with E-state index in [1.807, 2.05) is 24.3 Å². The van der Waals surface area contributed by atoms with Crippen LogP contribution in [0.5, 0.6) is 5.75 Å². The number of isothiocyanates is 1. The number of pyridine rings is 1. The van der Waals surface area contributed by atoms with Crippen LogP contribution in [-0.2, 0) is 5.75 Å². The van der Waals surface area contributed by atoms with E-state index in [9.17, 15) is 0 Å². The number of aliphatic imine (C=N–C) groups is 1. The lowest BCUT2D eigenvalue weighted by Gasteiger charge is -2.03. The van der Waals surface area contributed by atoms with Gasteiger partial charge in [0.15, 0.2) is 0 Å². The van der Waals surface area contributed by atoms with Crippen molar-refractivity contribution < 1.29 is 4.74 Å². The molecule has 2 rings (SSSR count). The second kappa shape index (κ2) is 7.04. The molecule has 0 N–H and O–H groups in total. The first-order valence-electron chi connectivity index (χ1n) is 5.61. The molecule has 0 saturated carbocycles. The largest absolute Gasteiger partial charge is 0.497 e. The molecule has 0 amide bonds. The van der Waals surface area contributed by atoms with Crippen LogP contribution in [0, 0.1) is 0 Å². The van der Waals surface area contributed by atoms with Crippen LogP contribution in [0.3, 0.4) is 0 Å². The Balaban J connectivity index is 1.95. The Hall–Kier alpha value is -1.68. The van der Waals surface area contributed by atoms with Crippen molar-refractivity contribution in [1.29, 1.82) is 0 Å². The number of ether oxygens (including phenoxy) is 1. The van der Waals surface area contributed by atoms with Gasteiger partial charge in [0.2, 0.25) is 0 Å². The van der Waals surface area contributed by atoms with E-state index in [1.165, 1.54) is 5.56 Å². The number of aromatic nitrogens is 1. The highest BCUT2D eigenvalue weighted by Gasteiger charge is 1.99. The molecule has 0 aliphatic rings. The fraction of sp³-hybridized carbons (Fsp3) is 0.143. The van der Waals surface area contributed by atoms with E-state index in [0.29, 0.717) is 0 Å². The summed E-state index contributed by atoms with van der Waals surface area (Å²) < 4.78 is 5.12. The molecule has 3 nitrogen and oxygen atoms in total. The fourth-order valence-corrected chi connectivity index (χ4v) is 2.36. The number of thiocarbonyl (C=S) groups is 1. The summed E-state index contributed by atoms with van der Waals surface area (Å²) in [6, 6.07) is 11.8. The molecular formula is C14H12N2OS2. The molecular weight excluding hydrogens is 276 g/mol. The van der Waals surface area contributed by atoms with E-state index >= 15 is 0 Å². The van der Waals surface area contributed by atoms with Crippen molar-refractivity contribution in [2.24, 2.45) is 4.99 Å². The Morgan fingerprint density at radius 1 is 1.26 bits per heavy atom. The first-order chi connectivity index (χ1) is 9.31. The molecule has 0 atom stereocenters. The summed E-state index contributed by atoms with van der Waals surface area (Å²) in [5, 5.41) is 3.28. The summed E-state index contributed by atoms with van der Waals surface area (Å²) in [5.41, 5.74) is 1.96. The Morgan fingerprint density at radius 2 is 2.05 bits per heavy atom. The number of nitrogens with zero attached hydrogens (tertiary/aromatic N) is 2. The Kier molecular flexibility index (Phi) is 5.10. The lowest BCUT2D eigenvalue weighted by atomic mass is 10.2. The topological polar surface area (TPSA) is 34.5 Å². The fourth-order valence-electron chi connectivity index (χ4n) is 1.46. The molecule has 1 aromatic carbocycles. The predicted octanol–water partition coefficient (Wildman–Crippen LogP) is 4.12. The molecule has 0 aliphatic heterocycles. The van der Waals surface area contributed by atoms with Gasteiger partial charge in [0.05, 0.1) is 29.2 Å². The molecule has 5 heteroatoms.